The maximum absolute atomic E-state index is 12.4. The Bertz CT molecular complexity index is 604. The van der Waals surface area contributed by atoms with E-state index < -0.39 is 0 Å². The molecule has 2 aromatic rings. The lowest BCUT2D eigenvalue weighted by Crippen LogP contribution is -2.42. The van der Waals surface area contributed by atoms with E-state index in [2.05, 4.69) is 0 Å². The van der Waals surface area contributed by atoms with Gasteiger partial charge >= 0.3 is 0 Å². The van der Waals surface area contributed by atoms with Crippen molar-refractivity contribution in [3.8, 4) is 0 Å². The van der Waals surface area contributed by atoms with Crippen LogP contribution >= 0.6 is 0 Å². The molecular weight excluding hydrogens is 266 g/mol. The molecule has 1 saturated heterocycles. The predicted molar refractivity (Wildman–Crippen MR) is 79.5 cm³/mol. The highest BCUT2D eigenvalue weighted by Crippen LogP contribution is 2.24. The van der Waals surface area contributed by atoms with Gasteiger partial charge in [-0.15, -0.1) is 0 Å². The topological polar surface area (TPSA) is 42.7 Å². The standard InChI is InChI=1S/C17H17NO3/c19-17(9-8-15-7-4-11-21-15)18-10-12-20-13-16(18)14-5-2-1-3-6-14/h1-9,11,16H,10,12-13H2. The number of hydrogen-bond donors (Lipinski definition) is 0. The molecule has 1 atom stereocenters. The number of nitrogens with zero attached hydrogens (tertiary/aromatic N) is 1. The van der Waals surface area contributed by atoms with Gasteiger partial charge in [-0.1, -0.05) is 30.3 Å². The minimum Gasteiger partial charge on any atom is -0.465 e. The van der Waals surface area contributed by atoms with Gasteiger partial charge in [-0.2, -0.15) is 0 Å². The summed E-state index contributed by atoms with van der Waals surface area (Å²) in [7, 11) is 0. The summed E-state index contributed by atoms with van der Waals surface area (Å²) >= 11 is 0. The molecule has 1 amide bonds. The van der Waals surface area contributed by atoms with Gasteiger partial charge in [0.15, 0.2) is 0 Å². The molecule has 1 aliphatic rings. The molecule has 1 unspecified atom stereocenters. The summed E-state index contributed by atoms with van der Waals surface area (Å²) in [6.45, 7) is 1.70. The summed E-state index contributed by atoms with van der Waals surface area (Å²) in [5, 5.41) is 0. The Balaban J connectivity index is 1.76. The number of carbonyl (C=O) groups is 1. The van der Waals surface area contributed by atoms with E-state index in [0.717, 1.165) is 5.56 Å². The molecule has 21 heavy (non-hydrogen) atoms. The summed E-state index contributed by atoms with van der Waals surface area (Å²) in [6.07, 6.45) is 4.84. The Morgan fingerprint density at radius 3 is 2.81 bits per heavy atom. The van der Waals surface area contributed by atoms with Gasteiger partial charge in [-0.3, -0.25) is 4.79 Å². The minimum atomic E-state index is -0.0336. The largest absolute Gasteiger partial charge is 0.465 e. The molecule has 0 saturated carbocycles. The quantitative estimate of drug-likeness (QED) is 0.813. The number of amides is 1. The fraction of sp³-hybridized carbons (Fsp3) is 0.235. The van der Waals surface area contributed by atoms with Gasteiger partial charge in [0.1, 0.15) is 5.76 Å². The molecule has 4 nitrogen and oxygen atoms in total. The van der Waals surface area contributed by atoms with Crippen molar-refractivity contribution in [2.24, 2.45) is 0 Å². The van der Waals surface area contributed by atoms with Gasteiger partial charge in [-0.25, -0.2) is 0 Å². The Kier molecular flexibility index (Phi) is 4.17. The molecule has 0 spiro atoms. The number of ether oxygens (including phenoxy) is 1. The van der Waals surface area contributed by atoms with Crippen LogP contribution in [0.3, 0.4) is 0 Å². The zero-order chi connectivity index (χ0) is 14.5. The maximum atomic E-state index is 12.4. The van der Waals surface area contributed by atoms with Crippen LogP contribution in [0.5, 0.6) is 0 Å². The molecular formula is C17H17NO3. The van der Waals surface area contributed by atoms with Crippen molar-refractivity contribution in [1.82, 2.24) is 4.90 Å². The van der Waals surface area contributed by atoms with E-state index in [9.17, 15) is 4.79 Å². The number of carbonyl (C=O) groups excluding carboxylic acids is 1. The van der Waals surface area contributed by atoms with Crippen LogP contribution in [0.25, 0.3) is 6.08 Å². The third kappa shape index (κ3) is 3.23. The van der Waals surface area contributed by atoms with E-state index in [1.165, 1.54) is 0 Å². The van der Waals surface area contributed by atoms with E-state index in [1.807, 2.05) is 41.3 Å². The van der Waals surface area contributed by atoms with E-state index >= 15 is 0 Å². The van der Waals surface area contributed by atoms with Crippen LogP contribution < -0.4 is 0 Å². The maximum Gasteiger partial charge on any atom is 0.247 e. The molecule has 0 radical (unpaired) electrons. The van der Waals surface area contributed by atoms with Crippen LogP contribution in [0.4, 0.5) is 0 Å². The smallest absolute Gasteiger partial charge is 0.247 e. The molecule has 108 valence electrons. The molecule has 1 fully saturated rings. The third-order valence-corrected chi connectivity index (χ3v) is 3.53. The van der Waals surface area contributed by atoms with Crippen LogP contribution in [0, 0.1) is 0 Å². The Labute approximate surface area is 123 Å². The number of furan rings is 1. The molecule has 0 N–H and O–H groups in total. The SMILES string of the molecule is O=C(C=Cc1ccco1)N1CCOCC1c1ccccc1. The van der Waals surface area contributed by atoms with E-state index in [0.29, 0.717) is 25.5 Å². The van der Waals surface area contributed by atoms with Crippen LogP contribution in [-0.2, 0) is 9.53 Å². The van der Waals surface area contributed by atoms with Gasteiger partial charge in [0, 0.05) is 12.6 Å². The highest BCUT2D eigenvalue weighted by atomic mass is 16.5. The van der Waals surface area contributed by atoms with E-state index in [-0.39, 0.29) is 11.9 Å². The second-order valence-electron chi connectivity index (χ2n) is 4.88. The predicted octanol–water partition coefficient (Wildman–Crippen LogP) is 2.89. The second kappa shape index (κ2) is 6.41. The highest BCUT2D eigenvalue weighted by molar-refractivity contribution is 5.91. The molecule has 4 heteroatoms. The molecule has 1 aliphatic heterocycles. The first-order chi connectivity index (χ1) is 10.3. The van der Waals surface area contributed by atoms with Gasteiger partial charge in [-0.05, 0) is 23.8 Å². The number of hydrogen-bond acceptors (Lipinski definition) is 3. The molecule has 2 heterocycles. The van der Waals surface area contributed by atoms with Crippen molar-refractivity contribution in [3.63, 3.8) is 0 Å². The van der Waals surface area contributed by atoms with Crippen LogP contribution in [0.1, 0.15) is 17.4 Å². The Morgan fingerprint density at radius 1 is 1.19 bits per heavy atom. The van der Waals surface area contributed by atoms with Crippen molar-refractivity contribution in [2.75, 3.05) is 19.8 Å². The molecule has 1 aromatic carbocycles. The zero-order valence-electron chi connectivity index (χ0n) is 11.6. The fourth-order valence-corrected chi connectivity index (χ4v) is 2.45. The lowest BCUT2D eigenvalue weighted by atomic mass is 10.0. The van der Waals surface area contributed by atoms with Crippen molar-refractivity contribution in [2.45, 2.75) is 6.04 Å². The van der Waals surface area contributed by atoms with Crippen LogP contribution in [0.2, 0.25) is 0 Å². The number of benzene rings is 1. The first-order valence-electron chi connectivity index (χ1n) is 6.99. The summed E-state index contributed by atoms with van der Waals surface area (Å²) in [6, 6.07) is 13.6. The van der Waals surface area contributed by atoms with Gasteiger partial charge in [0.05, 0.1) is 25.5 Å². The lowest BCUT2D eigenvalue weighted by Gasteiger charge is -2.35. The van der Waals surface area contributed by atoms with Crippen molar-refractivity contribution in [1.29, 1.82) is 0 Å². The normalized spacial score (nSPS) is 19.0. The van der Waals surface area contributed by atoms with E-state index in [1.54, 1.807) is 24.5 Å². The lowest BCUT2D eigenvalue weighted by molar-refractivity contribution is -0.134. The van der Waals surface area contributed by atoms with Gasteiger partial charge in [0.2, 0.25) is 5.91 Å². The van der Waals surface area contributed by atoms with Gasteiger partial charge in [0.25, 0.3) is 0 Å². The second-order valence-corrected chi connectivity index (χ2v) is 4.88. The Hall–Kier alpha value is -2.33. The summed E-state index contributed by atoms with van der Waals surface area (Å²) < 4.78 is 10.7. The first kappa shape index (κ1) is 13.6. The molecule has 0 aliphatic carbocycles. The van der Waals surface area contributed by atoms with Crippen molar-refractivity contribution in [3.05, 3.63) is 66.1 Å². The summed E-state index contributed by atoms with van der Waals surface area (Å²) in [4.78, 5) is 14.3. The number of rotatable bonds is 3. The average Bonchev–Trinajstić information content (AvgIpc) is 3.07. The number of morpholine rings is 1. The monoisotopic (exact) mass is 283 g/mol. The third-order valence-electron chi connectivity index (χ3n) is 3.53. The minimum absolute atomic E-state index is 0.0245. The van der Waals surface area contributed by atoms with Crippen LogP contribution in [0.15, 0.2) is 59.2 Å². The molecule has 0 bridgehead atoms. The summed E-state index contributed by atoms with van der Waals surface area (Å²) in [5.74, 6) is 0.649. The average molecular weight is 283 g/mol. The van der Waals surface area contributed by atoms with Gasteiger partial charge < -0.3 is 14.1 Å². The fourth-order valence-electron chi connectivity index (χ4n) is 2.45. The van der Waals surface area contributed by atoms with Crippen molar-refractivity contribution < 1.29 is 13.9 Å². The van der Waals surface area contributed by atoms with Crippen LogP contribution in [-0.4, -0.2) is 30.6 Å². The molecule has 1 aromatic heterocycles. The molecule has 3 rings (SSSR count). The summed E-state index contributed by atoms with van der Waals surface area (Å²) in [5.41, 5.74) is 1.09. The highest BCUT2D eigenvalue weighted by Gasteiger charge is 2.27. The zero-order valence-corrected chi connectivity index (χ0v) is 11.6. The first-order valence-corrected chi connectivity index (χ1v) is 6.99. The van der Waals surface area contributed by atoms with E-state index in [4.69, 9.17) is 9.15 Å². The Morgan fingerprint density at radius 2 is 2.05 bits per heavy atom. The van der Waals surface area contributed by atoms with Crippen molar-refractivity contribution >= 4 is 12.0 Å².